The summed E-state index contributed by atoms with van der Waals surface area (Å²) in [6, 6.07) is 9.35. The third-order valence-corrected chi connectivity index (χ3v) is 3.27. The largest absolute Gasteiger partial charge is 0.497 e. The van der Waals surface area contributed by atoms with E-state index in [4.69, 9.17) is 9.94 Å². The summed E-state index contributed by atoms with van der Waals surface area (Å²) in [6.07, 6.45) is 2.26. The number of amides is 1. The Labute approximate surface area is 122 Å². The topological polar surface area (TPSA) is 83.7 Å². The molecule has 0 aliphatic heterocycles. The van der Waals surface area contributed by atoms with Gasteiger partial charge in [-0.1, -0.05) is 12.1 Å². The van der Waals surface area contributed by atoms with E-state index >= 15 is 0 Å². The van der Waals surface area contributed by atoms with Gasteiger partial charge in [0.25, 0.3) is 0 Å². The maximum absolute atomic E-state index is 11.0. The first kappa shape index (κ1) is 14.9. The van der Waals surface area contributed by atoms with Crippen LogP contribution in [0.25, 0.3) is 0 Å². The second-order valence-electron chi connectivity index (χ2n) is 4.68. The van der Waals surface area contributed by atoms with Crippen molar-refractivity contribution in [1.82, 2.24) is 10.0 Å². The van der Waals surface area contributed by atoms with Crippen molar-refractivity contribution in [3.05, 3.63) is 47.7 Å². The normalized spacial score (nSPS) is 10.4. The van der Waals surface area contributed by atoms with Crippen molar-refractivity contribution in [2.45, 2.75) is 19.4 Å². The Morgan fingerprint density at radius 3 is 2.62 bits per heavy atom. The number of carbonyl (C=O) groups is 1. The van der Waals surface area contributed by atoms with Gasteiger partial charge in [-0.15, -0.1) is 0 Å². The van der Waals surface area contributed by atoms with E-state index in [0.29, 0.717) is 18.5 Å². The first-order chi connectivity index (χ1) is 10.1. The van der Waals surface area contributed by atoms with Crippen LogP contribution in [0, 0.1) is 0 Å². The van der Waals surface area contributed by atoms with Crippen LogP contribution in [0.2, 0.25) is 0 Å². The lowest BCUT2D eigenvalue weighted by molar-refractivity contribution is -0.129. The van der Waals surface area contributed by atoms with Crippen molar-refractivity contribution >= 4 is 5.91 Å². The van der Waals surface area contributed by atoms with E-state index < -0.39 is 5.91 Å². The molecule has 0 spiro atoms. The van der Waals surface area contributed by atoms with Gasteiger partial charge in [0.15, 0.2) is 5.88 Å². The standard InChI is InChI=1S/C15H18N2O4/c1-21-13-5-2-11(3-6-13)10-17-9-8-12(15(17)19)4-7-14(18)16-20/h2-3,5-6,8-9,19-20H,4,7,10H2,1H3,(H,16,18). The maximum Gasteiger partial charge on any atom is 0.243 e. The smallest absolute Gasteiger partial charge is 0.243 e. The van der Waals surface area contributed by atoms with Gasteiger partial charge in [0.2, 0.25) is 5.91 Å². The van der Waals surface area contributed by atoms with Gasteiger partial charge in [-0.3, -0.25) is 10.0 Å². The number of nitrogens with zero attached hydrogens (tertiary/aromatic N) is 1. The van der Waals surface area contributed by atoms with Gasteiger partial charge in [-0.05, 0) is 30.2 Å². The van der Waals surface area contributed by atoms with Crippen molar-refractivity contribution < 1.29 is 19.8 Å². The van der Waals surface area contributed by atoms with Crippen LogP contribution >= 0.6 is 0 Å². The molecule has 6 heteroatoms. The fourth-order valence-corrected chi connectivity index (χ4v) is 2.06. The number of carbonyl (C=O) groups excluding carboxylic acids is 1. The Kier molecular flexibility index (Phi) is 4.84. The van der Waals surface area contributed by atoms with Crippen LogP contribution in [0.1, 0.15) is 17.5 Å². The molecule has 0 radical (unpaired) electrons. The predicted molar refractivity (Wildman–Crippen MR) is 76.4 cm³/mol. The molecule has 1 aromatic heterocycles. The lowest BCUT2D eigenvalue weighted by atomic mass is 10.2. The molecular weight excluding hydrogens is 272 g/mol. The molecule has 6 nitrogen and oxygen atoms in total. The van der Waals surface area contributed by atoms with Gasteiger partial charge in [-0.2, -0.15) is 0 Å². The van der Waals surface area contributed by atoms with Gasteiger partial charge >= 0.3 is 0 Å². The lowest BCUT2D eigenvalue weighted by Crippen LogP contribution is -2.18. The summed E-state index contributed by atoms with van der Waals surface area (Å²) in [4.78, 5) is 11.0. The third-order valence-electron chi connectivity index (χ3n) is 3.27. The summed E-state index contributed by atoms with van der Waals surface area (Å²) in [7, 11) is 1.61. The minimum atomic E-state index is -0.475. The van der Waals surface area contributed by atoms with Crippen LogP contribution < -0.4 is 10.2 Å². The monoisotopic (exact) mass is 290 g/mol. The van der Waals surface area contributed by atoms with E-state index in [9.17, 15) is 9.90 Å². The number of hydrogen-bond acceptors (Lipinski definition) is 4. The molecule has 0 saturated heterocycles. The van der Waals surface area contributed by atoms with Crippen LogP contribution in [0.3, 0.4) is 0 Å². The van der Waals surface area contributed by atoms with Crippen molar-refractivity contribution in [1.29, 1.82) is 0 Å². The van der Waals surface area contributed by atoms with E-state index in [1.165, 1.54) is 0 Å². The zero-order valence-electron chi connectivity index (χ0n) is 11.7. The van der Waals surface area contributed by atoms with E-state index in [1.54, 1.807) is 29.4 Å². The van der Waals surface area contributed by atoms with Crippen LogP contribution in [0.5, 0.6) is 11.6 Å². The second-order valence-corrected chi connectivity index (χ2v) is 4.68. The van der Waals surface area contributed by atoms with Crippen molar-refractivity contribution in [3.8, 4) is 11.6 Å². The highest BCUT2D eigenvalue weighted by atomic mass is 16.5. The summed E-state index contributed by atoms with van der Waals surface area (Å²) >= 11 is 0. The van der Waals surface area contributed by atoms with Crippen LogP contribution in [-0.4, -0.2) is 27.9 Å². The first-order valence-corrected chi connectivity index (χ1v) is 6.57. The Morgan fingerprint density at radius 2 is 2.00 bits per heavy atom. The number of aromatic hydroxyl groups is 1. The zero-order chi connectivity index (χ0) is 15.2. The molecule has 3 N–H and O–H groups in total. The molecular formula is C15H18N2O4. The Hall–Kier alpha value is -2.47. The molecule has 0 fully saturated rings. The number of aryl methyl sites for hydroxylation is 1. The number of hydrogen-bond donors (Lipinski definition) is 3. The third kappa shape index (κ3) is 3.76. The van der Waals surface area contributed by atoms with Gasteiger partial charge < -0.3 is 14.4 Å². The van der Waals surface area contributed by atoms with Crippen molar-refractivity contribution in [3.63, 3.8) is 0 Å². The van der Waals surface area contributed by atoms with Crippen LogP contribution in [-0.2, 0) is 17.8 Å². The molecule has 1 heterocycles. The summed E-state index contributed by atoms with van der Waals surface area (Å²) in [5.41, 5.74) is 3.28. The molecule has 21 heavy (non-hydrogen) atoms. The molecule has 1 aromatic carbocycles. The lowest BCUT2D eigenvalue weighted by Gasteiger charge is -2.07. The molecule has 2 aromatic rings. The van der Waals surface area contributed by atoms with E-state index in [1.807, 2.05) is 24.3 Å². The molecule has 112 valence electrons. The highest BCUT2D eigenvalue weighted by molar-refractivity contribution is 5.74. The highest BCUT2D eigenvalue weighted by Gasteiger charge is 2.10. The summed E-state index contributed by atoms with van der Waals surface area (Å²) in [5, 5.41) is 18.6. The molecule has 0 aliphatic carbocycles. The number of rotatable bonds is 6. The molecule has 0 aliphatic rings. The summed E-state index contributed by atoms with van der Waals surface area (Å²) in [5.74, 6) is 0.444. The number of aromatic nitrogens is 1. The van der Waals surface area contributed by atoms with Gasteiger partial charge in [0.05, 0.1) is 13.7 Å². The average Bonchev–Trinajstić information content (AvgIpc) is 2.86. The van der Waals surface area contributed by atoms with E-state index in [0.717, 1.165) is 11.3 Å². The predicted octanol–water partition coefficient (Wildman–Crippen LogP) is 1.69. The maximum atomic E-state index is 11.0. The molecule has 0 atom stereocenters. The summed E-state index contributed by atoms with van der Waals surface area (Å²) < 4.78 is 6.80. The van der Waals surface area contributed by atoms with E-state index in [-0.39, 0.29) is 12.3 Å². The number of ether oxygens (including phenoxy) is 1. The molecule has 0 saturated carbocycles. The SMILES string of the molecule is COc1ccc(Cn2ccc(CCC(=O)NO)c2O)cc1. The van der Waals surface area contributed by atoms with Crippen LogP contribution in [0.15, 0.2) is 36.5 Å². The fraction of sp³-hybridized carbons (Fsp3) is 0.267. The van der Waals surface area contributed by atoms with Crippen molar-refractivity contribution in [2.75, 3.05) is 7.11 Å². The second kappa shape index (κ2) is 6.81. The highest BCUT2D eigenvalue weighted by Crippen LogP contribution is 2.22. The average molecular weight is 290 g/mol. The first-order valence-electron chi connectivity index (χ1n) is 6.57. The Bertz CT molecular complexity index is 605. The molecule has 1 amide bonds. The quantitative estimate of drug-likeness (QED) is 0.558. The van der Waals surface area contributed by atoms with Gasteiger partial charge in [-0.25, -0.2) is 5.48 Å². The fourth-order valence-electron chi connectivity index (χ4n) is 2.06. The minimum absolute atomic E-state index is 0.122. The number of benzene rings is 1. The number of methoxy groups -OCH3 is 1. The van der Waals surface area contributed by atoms with Crippen molar-refractivity contribution in [2.24, 2.45) is 0 Å². The summed E-state index contributed by atoms with van der Waals surface area (Å²) in [6.45, 7) is 0.530. The number of nitrogens with one attached hydrogen (secondary N) is 1. The Morgan fingerprint density at radius 1 is 1.29 bits per heavy atom. The number of hydroxylamine groups is 1. The zero-order valence-corrected chi connectivity index (χ0v) is 11.7. The molecule has 0 bridgehead atoms. The van der Waals surface area contributed by atoms with E-state index in [2.05, 4.69) is 0 Å². The van der Waals surface area contributed by atoms with Gasteiger partial charge in [0, 0.05) is 18.2 Å². The molecule has 2 rings (SSSR count). The Balaban J connectivity index is 2.03. The van der Waals surface area contributed by atoms with Crippen LogP contribution in [0.4, 0.5) is 0 Å². The van der Waals surface area contributed by atoms with Gasteiger partial charge in [0.1, 0.15) is 5.75 Å². The minimum Gasteiger partial charge on any atom is -0.497 e. The molecule has 0 unspecified atom stereocenters.